The van der Waals surface area contributed by atoms with Crippen molar-refractivity contribution >= 4 is 15.7 Å². The first-order valence-corrected chi connectivity index (χ1v) is 9.50. The zero-order valence-corrected chi connectivity index (χ0v) is 14.8. The lowest BCUT2D eigenvalue weighted by atomic mass is 10.1. The molecule has 0 saturated carbocycles. The summed E-state index contributed by atoms with van der Waals surface area (Å²) in [6, 6.07) is 4.38. The maximum absolute atomic E-state index is 12.5. The first kappa shape index (κ1) is 18.5. The summed E-state index contributed by atoms with van der Waals surface area (Å²) in [5, 5.41) is 0. The van der Waals surface area contributed by atoms with Crippen LogP contribution in [0, 0.1) is 0 Å². The van der Waals surface area contributed by atoms with E-state index in [4.69, 9.17) is 15.2 Å². The Morgan fingerprint density at radius 2 is 2.00 bits per heavy atom. The highest BCUT2D eigenvalue weighted by molar-refractivity contribution is 7.91. The predicted molar refractivity (Wildman–Crippen MR) is 90.0 cm³/mol. The van der Waals surface area contributed by atoms with Gasteiger partial charge in [-0.1, -0.05) is 0 Å². The number of nitrogens with zero attached hydrogens (tertiary/aromatic N) is 1. The summed E-state index contributed by atoms with van der Waals surface area (Å²) < 4.78 is 35.1. The Kier molecular flexibility index (Phi) is 6.06. The number of methoxy groups -OCH3 is 2. The van der Waals surface area contributed by atoms with Gasteiger partial charge in [0.1, 0.15) is 0 Å². The van der Waals surface area contributed by atoms with Crippen LogP contribution in [0.1, 0.15) is 19.3 Å². The van der Waals surface area contributed by atoms with Crippen molar-refractivity contribution in [3.63, 3.8) is 0 Å². The molecule has 1 aromatic carbocycles. The highest BCUT2D eigenvalue weighted by Gasteiger charge is 2.24. The van der Waals surface area contributed by atoms with Gasteiger partial charge in [0.2, 0.25) is 5.91 Å². The average Bonchev–Trinajstić information content (AvgIpc) is 2.59. The van der Waals surface area contributed by atoms with E-state index in [-0.39, 0.29) is 29.0 Å². The third kappa shape index (κ3) is 4.39. The van der Waals surface area contributed by atoms with Gasteiger partial charge in [-0.15, -0.1) is 0 Å². The molecule has 2 rings (SSSR count). The minimum atomic E-state index is -3.58. The number of hydrogen-bond acceptors (Lipinski definition) is 6. The van der Waals surface area contributed by atoms with Crippen molar-refractivity contribution in [2.45, 2.75) is 30.2 Å². The maximum Gasteiger partial charge on any atom is 0.223 e. The minimum Gasteiger partial charge on any atom is -0.493 e. The molecule has 1 aliphatic heterocycles. The number of rotatable bonds is 6. The number of carbonyl (C=O) groups is 1. The van der Waals surface area contributed by atoms with E-state index in [9.17, 15) is 13.2 Å². The molecule has 0 radical (unpaired) electrons. The predicted octanol–water partition coefficient (Wildman–Crippen LogP) is 0.817. The third-order valence-electron chi connectivity index (χ3n) is 4.11. The molecular weight excluding hydrogens is 332 g/mol. The number of amides is 1. The Morgan fingerprint density at radius 1 is 1.29 bits per heavy atom. The number of carbonyl (C=O) groups excluding carboxylic acids is 1. The molecule has 1 saturated heterocycles. The number of sulfone groups is 1. The van der Waals surface area contributed by atoms with Crippen molar-refractivity contribution in [1.29, 1.82) is 0 Å². The third-order valence-corrected chi connectivity index (χ3v) is 5.82. The Labute approximate surface area is 142 Å². The summed E-state index contributed by atoms with van der Waals surface area (Å²) in [6.07, 6.45) is 1.70. The second-order valence-corrected chi connectivity index (χ2v) is 7.94. The molecule has 24 heavy (non-hydrogen) atoms. The largest absolute Gasteiger partial charge is 0.493 e. The van der Waals surface area contributed by atoms with Crippen LogP contribution in [-0.4, -0.2) is 58.3 Å². The molecule has 1 unspecified atom stereocenters. The van der Waals surface area contributed by atoms with Crippen LogP contribution in [0.3, 0.4) is 0 Å². The fraction of sp³-hybridized carbons (Fsp3) is 0.562. The molecule has 2 N–H and O–H groups in total. The summed E-state index contributed by atoms with van der Waals surface area (Å²) >= 11 is 0. The fourth-order valence-corrected chi connectivity index (χ4v) is 3.99. The van der Waals surface area contributed by atoms with E-state index in [2.05, 4.69) is 0 Å². The van der Waals surface area contributed by atoms with E-state index in [1.165, 1.54) is 32.4 Å². The van der Waals surface area contributed by atoms with E-state index in [1.807, 2.05) is 0 Å². The molecule has 1 atom stereocenters. The van der Waals surface area contributed by atoms with Gasteiger partial charge < -0.3 is 20.1 Å². The molecule has 0 spiro atoms. The molecule has 1 heterocycles. The van der Waals surface area contributed by atoms with Crippen LogP contribution in [0.15, 0.2) is 23.1 Å². The molecule has 134 valence electrons. The maximum atomic E-state index is 12.5. The number of nitrogens with two attached hydrogens (primary N) is 1. The molecule has 1 fully saturated rings. The van der Waals surface area contributed by atoms with E-state index in [0.29, 0.717) is 24.6 Å². The molecule has 1 amide bonds. The zero-order valence-electron chi connectivity index (χ0n) is 14.0. The summed E-state index contributed by atoms with van der Waals surface area (Å²) in [5.74, 6) is 0.378. The zero-order chi connectivity index (χ0) is 17.7. The van der Waals surface area contributed by atoms with Crippen molar-refractivity contribution in [2.75, 3.05) is 33.1 Å². The summed E-state index contributed by atoms with van der Waals surface area (Å²) in [4.78, 5) is 14.0. The second kappa shape index (κ2) is 7.85. The average molecular weight is 356 g/mol. The molecule has 1 aromatic rings. The van der Waals surface area contributed by atoms with Crippen LogP contribution in [0.4, 0.5) is 0 Å². The van der Waals surface area contributed by atoms with Crippen LogP contribution >= 0.6 is 0 Å². The number of likely N-dealkylation sites (tertiary alicyclic amines) is 1. The minimum absolute atomic E-state index is 0.0230. The molecule has 0 bridgehead atoms. The highest BCUT2D eigenvalue weighted by Crippen LogP contribution is 2.30. The summed E-state index contributed by atoms with van der Waals surface area (Å²) in [6.45, 7) is 1.14. The Balaban J connectivity index is 2.04. The topological polar surface area (TPSA) is 98.9 Å². The van der Waals surface area contributed by atoms with Crippen LogP contribution in [0.25, 0.3) is 0 Å². The molecule has 1 aliphatic rings. The molecule has 7 nitrogen and oxygen atoms in total. The summed E-state index contributed by atoms with van der Waals surface area (Å²) in [5.41, 5.74) is 5.86. The van der Waals surface area contributed by atoms with Crippen molar-refractivity contribution in [3.05, 3.63) is 18.2 Å². The monoisotopic (exact) mass is 356 g/mol. The molecule has 8 heteroatoms. The van der Waals surface area contributed by atoms with E-state index < -0.39 is 9.84 Å². The summed E-state index contributed by atoms with van der Waals surface area (Å²) in [7, 11) is -0.657. The van der Waals surface area contributed by atoms with Gasteiger partial charge in [0, 0.05) is 31.6 Å². The van der Waals surface area contributed by atoms with Crippen LogP contribution < -0.4 is 15.2 Å². The quantitative estimate of drug-likeness (QED) is 0.810. The van der Waals surface area contributed by atoms with Gasteiger partial charge in [0.05, 0.1) is 24.9 Å². The first-order valence-electron chi connectivity index (χ1n) is 7.85. The number of hydrogen-bond donors (Lipinski definition) is 1. The van der Waals surface area contributed by atoms with Gasteiger partial charge in [0.25, 0.3) is 0 Å². The van der Waals surface area contributed by atoms with Crippen LogP contribution in [0.2, 0.25) is 0 Å². The Morgan fingerprint density at radius 3 is 2.62 bits per heavy atom. The van der Waals surface area contributed by atoms with E-state index in [1.54, 1.807) is 4.90 Å². The number of piperidine rings is 1. The van der Waals surface area contributed by atoms with E-state index >= 15 is 0 Å². The van der Waals surface area contributed by atoms with Crippen LogP contribution in [-0.2, 0) is 14.6 Å². The Bertz CT molecular complexity index is 690. The second-order valence-electron chi connectivity index (χ2n) is 5.83. The Hall–Kier alpha value is -1.80. The van der Waals surface area contributed by atoms with Gasteiger partial charge in [-0.05, 0) is 25.0 Å². The van der Waals surface area contributed by atoms with Crippen molar-refractivity contribution in [2.24, 2.45) is 5.73 Å². The number of ether oxygens (including phenoxy) is 2. The molecule has 0 aromatic heterocycles. The van der Waals surface area contributed by atoms with Crippen molar-refractivity contribution in [3.8, 4) is 11.5 Å². The van der Waals surface area contributed by atoms with Crippen molar-refractivity contribution < 1.29 is 22.7 Å². The van der Waals surface area contributed by atoms with Gasteiger partial charge >= 0.3 is 0 Å². The SMILES string of the molecule is COc1ccc(S(=O)(=O)CCC(=O)N2CCCC(N)C2)cc1OC. The van der Waals surface area contributed by atoms with Gasteiger partial charge in [-0.2, -0.15) is 0 Å². The van der Waals surface area contributed by atoms with Gasteiger partial charge in [-0.25, -0.2) is 8.42 Å². The lowest BCUT2D eigenvalue weighted by molar-refractivity contribution is -0.131. The standard InChI is InChI=1S/C16H24N2O5S/c1-22-14-6-5-13(10-15(14)23-2)24(20,21)9-7-16(19)18-8-3-4-12(17)11-18/h5-6,10,12H,3-4,7-9,11,17H2,1-2H3. The van der Waals surface area contributed by atoms with Gasteiger partial charge in [0.15, 0.2) is 21.3 Å². The first-order chi connectivity index (χ1) is 11.4. The van der Waals surface area contributed by atoms with Gasteiger partial charge in [-0.3, -0.25) is 4.79 Å². The van der Waals surface area contributed by atoms with Crippen LogP contribution in [0.5, 0.6) is 11.5 Å². The normalized spacial score (nSPS) is 18.3. The highest BCUT2D eigenvalue weighted by atomic mass is 32.2. The van der Waals surface area contributed by atoms with Crippen molar-refractivity contribution in [1.82, 2.24) is 4.90 Å². The molecule has 0 aliphatic carbocycles. The lowest BCUT2D eigenvalue weighted by Crippen LogP contribution is -2.46. The molecular formula is C16H24N2O5S. The number of benzene rings is 1. The van der Waals surface area contributed by atoms with E-state index in [0.717, 1.165) is 12.8 Å². The lowest BCUT2D eigenvalue weighted by Gasteiger charge is -2.30. The fourth-order valence-electron chi connectivity index (χ4n) is 2.74. The smallest absolute Gasteiger partial charge is 0.223 e.